The van der Waals surface area contributed by atoms with E-state index >= 15 is 0 Å². The van der Waals surface area contributed by atoms with Crippen LogP contribution in [0.3, 0.4) is 0 Å². The molecule has 0 radical (unpaired) electrons. The van der Waals surface area contributed by atoms with Crippen LogP contribution in [0.1, 0.15) is 74.8 Å². The summed E-state index contributed by atoms with van der Waals surface area (Å²) in [7, 11) is 0. The molecule has 38 heavy (non-hydrogen) atoms. The number of carbonyl (C=O) groups is 2. The fraction of sp³-hybridized carbons (Fsp3) is 0.400. The van der Waals surface area contributed by atoms with Crippen LogP contribution in [0.2, 0.25) is 10.0 Å². The summed E-state index contributed by atoms with van der Waals surface area (Å²) in [6, 6.07) is 11.1. The number of fused-ring (bicyclic) bond motifs is 1. The second-order valence-electron chi connectivity index (χ2n) is 10.5. The number of ketones is 1. The van der Waals surface area contributed by atoms with E-state index in [1.807, 2.05) is 31.2 Å². The van der Waals surface area contributed by atoms with Gasteiger partial charge in [-0.25, -0.2) is 4.79 Å². The lowest BCUT2D eigenvalue weighted by Gasteiger charge is -2.37. The summed E-state index contributed by atoms with van der Waals surface area (Å²) in [6.07, 6.45) is 5.81. The van der Waals surface area contributed by atoms with Gasteiger partial charge in [-0.2, -0.15) is 0 Å². The maximum Gasteiger partial charge on any atom is 0.337 e. The highest BCUT2D eigenvalue weighted by molar-refractivity contribution is 6.32. The Labute approximate surface area is 231 Å². The third-order valence-electron chi connectivity index (χ3n) is 8.02. The fourth-order valence-corrected chi connectivity index (χ4v) is 6.53. The molecule has 2 atom stereocenters. The SMILES string of the molecule is CC1=C(C(=O)OC2CCCCC2)[C@H](c2cc3c(cc2Cl)OCO3)C2=C(C[C@H](c3ccc(Cl)cc3)CC2=O)N1. The summed E-state index contributed by atoms with van der Waals surface area (Å²) in [5.41, 5.74) is 4.17. The molecule has 1 N–H and O–H groups in total. The Hall–Kier alpha value is -2.96. The minimum absolute atomic E-state index is 0.00225. The van der Waals surface area contributed by atoms with Crippen molar-refractivity contribution in [2.75, 3.05) is 6.79 Å². The number of allylic oxidation sites excluding steroid dienone is 3. The third kappa shape index (κ3) is 4.69. The molecule has 0 bridgehead atoms. The Morgan fingerprint density at radius 2 is 1.71 bits per heavy atom. The predicted molar refractivity (Wildman–Crippen MR) is 145 cm³/mol. The van der Waals surface area contributed by atoms with Gasteiger partial charge in [0, 0.05) is 45.4 Å². The van der Waals surface area contributed by atoms with Gasteiger partial charge in [-0.05, 0) is 74.3 Å². The summed E-state index contributed by atoms with van der Waals surface area (Å²) in [6.45, 7) is 1.97. The maximum absolute atomic E-state index is 13.9. The maximum atomic E-state index is 13.9. The standard InChI is InChI=1S/C30H29Cl2NO5/c1-16-27(30(35)38-20-5-3-2-4-6-20)28(21-13-25-26(14-22(21)32)37-15-36-25)29-23(33-16)11-18(12-24(29)34)17-7-9-19(31)10-8-17/h7-10,13-14,18,20,28,33H,2-6,11-12,15H2,1H3/t18-,28-/m0/s1. The molecule has 2 aliphatic heterocycles. The van der Waals surface area contributed by atoms with Crippen molar-refractivity contribution in [1.82, 2.24) is 5.32 Å². The molecule has 8 heteroatoms. The summed E-state index contributed by atoms with van der Waals surface area (Å²) in [5.74, 6) is 0.00914. The lowest BCUT2D eigenvalue weighted by Crippen LogP contribution is -2.37. The average molecular weight is 554 g/mol. The van der Waals surface area contributed by atoms with Gasteiger partial charge in [-0.15, -0.1) is 0 Å². The van der Waals surface area contributed by atoms with Crippen molar-refractivity contribution in [3.63, 3.8) is 0 Å². The highest BCUT2D eigenvalue weighted by Crippen LogP contribution is 2.50. The molecule has 0 spiro atoms. The smallest absolute Gasteiger partial charge is 0.337 e. The molecule has 1 saturated carbocycles. The number of nitrogens with one attached hydrogen (secondary N) is 1. The molecular weight excluding hydrogens is 525 g/mol. The normalized spacial score (nSPS) is 23.3. The Kier molecular flexibility index (Phi) is 6.87. The molecule has 6 nitrogen and oxygen atoms in total. The molecule has 4 aliphatic rings. The molecule has 198 valence electrons. The molecule has 1 fully saturated rings. The van der Waals surface area contributed by atoms with Crippen LogP contribution < -0.4 is 14.8 Å². The molecule has 0 aromatic heterocycles. The van der Waals surface area contributed by atoms with Gasteiger partial charge >= 0.3 is 5.97 Å². The number of ether oxygens (including phenoxy) is 3. The number of esters is 1. The van der Waals surface area contributed by atoms with E-state index in [9.17, 15) is 9.59 Å². The highest BCUT2D eigenvalue weighted by atomic mass is 35.5. The summed E-state index contributed by atoms with van der Waals surface area (Å²) >= 11 is 12.9. The lowest BCUT2D eigenvalue weighted by atomic mass is 9.71. The van der Waals surface area contributed by atoms with Crippen LogP contribution in [0, 0.1) is 0 Å². The number of carbonyl (C=O) groups excluding carboxylic acids is 2. The van der Waals surface area contributed by atoms with Crippen molar-refractivity contribution in [1.29, 1.82) is 0 Å². The van der Waals surface area contributed by atoms with Gasteiger partial charge in [0.1, 0.15) is 6.10 Å². The van der Waals surface area contributed by atoms with E-state index < -0.39 is 11.9 Å². The largest absolute Gasteiger partial charge is 0.459 e. The van der Waals surface area contributed by atoms with E-state index in [1.165, 1.54) is 0 Å². The lowest BCUT2D eigenvalue weighted by molar-refractivity contribution is -0.146. The average Bonchev–Trinajstić information content (AvgIpc) is 3.35. The van der Waals surface area contributed by atoms with Crippen molar-refractivity contribution in [3.05, 3.63) is 80.1 Å². The first-order chi connectivity index (χ1) is 18.4. The van der Waals surface area contributed by atoms with Crippen molar-refractivity contribution in [2.24, 2.45) is 0 Å². The van der Waals surface area contributed by atoms with Crippen molar-refractivity contribution >= 4 is 35.0 Å². The van der Waals surface area contributed by atoms with Crippen LogP contribution in [-0.2, 0) is 14.3 Å². The van der Waals surface area contributed by atoms with E-state index in [-0.39, 0.29) is 24.6 Å². The van der Waals surface area contributed by atoms with Gasteiger partial charge in [0.25, 0.3) is 0 Å². The molecule has 6 rings (SSSR count). The molecule has 2 aromatic rings. The van der Waals surface area contributed by atoms with E-state index in [1.54, 1.807) is 12.1 Å². The fourth-order valence-electron chi connectivity index (χ4n) is 6.14. The second-order valence-corrected chi connectivity index (χ2v) is 11.3. The second kappa shape index (κ2) is 10.3. The van der Waals surface area contributed by atoms with Crippen molar-refractivity contribution in [2.45, 2.75) is 69.8 Å². The van der Waals surface area contributed by atoms with E-state index in [0.717, 1.165) is 43.4 Å². The molecule has 0 saturated heterocycles. The van der Waals surface area contributed by atoms with Gasteiger partial charge in [-0.3, -0.25) is 4.79 Å². The number of Topliss-reactive ketones (excluding diaryl/α,β-unsaturated/α-hetero) is 1. The summed E-state index contributed by atoms with van der Waals surface area (Å²) in [5, 5.41) is 4.48. The third-order valence-corrected chi connectivity index (χ3v) is 8.60. The Morgan fingerprint density at radius 3 is 2.45 bits per heavy atom. The molecule has 2 aliphatic carbocycles. The van der Waals surface area contributed by atoms with Gasteiger partial charge in [0.05, 0.1) is 5.57 Å². The Balaban J connectivity index is 1.42. The zero-order valence-electron chi connectivity index (χ0n) is 21.2. The first kappa shape index (κ1) is 25.3. The van der Waals surface area contributed by atoms with Gasteiger partial charge in [0.2, 0.25) is 6.79 Å². The number of halogens is 2. The van der Waals surface area contributed by atoms with Crippen LogP contribution in [-0.4, -0.2) is 24.6 Å². The zero-order chi connectivity index (χ0) is 26.4. The number of rotatable bonds is 4. The van der Waals surface area contributed by atoms with Gasteiger partial charge in [0.15, 0.2) is 17.3 Å². The zero-order valence-corrected chi connectivity index (χ0v) is 22.7. The van der Waals surface area contributed by atoms with Gasteiger partial charge < -0.3 is 19.5 Å². The van der Waals surface area contributed by atoms with E-state index in [4.69, 9.17) is 37.4 Å². The van der Waals surface area contributed by atoms with Crippen LogP contribution >= 0.6 is 23.2 Å². The first-order valence-electron chi connectivity index (χ1n) is 13.2. The minimum atomic E-state index is -0.664. The van der Waals surface area contributed by atoms with E-state index in [2.05, 4.69) is 5.32 Å². The number of dihydropyridines is 1. The quantitative estimate of drug-likeness (QED) is 0.412. The van der Waals surface area contributed by atoms with Gasteiger partial charge in [-0.1, -0.05) is 41.8 Å². The minimum Gasteiger partial charge on any atom is -0.459 e. The predicted octanol–water partition coefficient (Wildman–Crippen LogP) is 6.96. The van der Waals surface area contributed by atoms with Crippen LogP contribution in [0.25, 0.3) is 0 Å². The van der Waals surface area contributed by atoms with Crippen molar-refractivity contribution in [3.8, 4) is 11.5 Å². The topological polar surface area (TPSA) is 73.9 Å². The monoisotopic (exact) mass is 553 g/mol. The molecule has 2 heterocycles. The molecule has 0 unspecified atom stereocenters. The van der Waals surface area contributed by atoms with Crippen LogP contribution in [0.15, 0.2) is 58.9 Å². The summed E-state index contributed by atoms with van der Waals surface area (Å²) < 4.78 is 17.2. The molecule has 2 aromatic carbocycles. The molecule has 0 amide bonds. The number of hydrogen-bond acceptors (Lipinski definition) is 6. The summed E-state index contributed by atoms with van der Waals surface area (Å²) in [4.78, 5) is 27.6. The Morgan fingerprint density at radius 1 is 1.00 bits per heavy atom. The van der Waals surface area contributed by atoms with Crippen LogP contribution in [0.4, 0.5) is 0 Å². The first-order valence-corrected chi connectivity index (χ1v) is 13.9. The molecular formula is C30H29Cl2NO5. The number of hydrogen-bond donors (Lipinski definition) is 1. The van der Waals surface area contributed by atoms with E-state index in [0.29, 0.717) is 56.8 Å². The van der Waals surface area contributed by atoms with Crippen LogP contribution in [0.5, 0.6) is 11.5 Å². The number of benzene rings is 2. The highest BCUT2D eigenvalue weighted by Gasteiger charge is 2.43. The Bertz CT molecular complexity index is 1360. The van der Waals surface area contributed by atoms with Crippen molar-refractivity contribution < 1.29 is 23.8 Å².